The van der Waals surface area contributed by atoms with Gasteiger partial charge in [0.1, 0.15) is 0 Å². The first-order valence-electron chi connectivity index (χ1n) is 6.99. The average Bonchev–Trinajstić information content (AvgIpc) is 2.82. The topological polar surface area (TPSA) is 72.9 Å². The molecule has 5 heteroatoms. The van der Waals surface area contributed by atoms with E-state index in [4.69, 9.17) is 5.73 Å². The normalized spacial score (nSPS) is 11.8. The Hall–Kier alpha value is -1.88. The Kier molecular flexibility index (Phi) is 4.09. The molecule has 2 aromatic rings. The first-order chi connectivity index (χ1) is 9.50. The first-order valence-corrected chi connectivity index (χ1v) is 6.99. The van der Waals surface area contributed by atoms with Gasteiger partial charge in [-0.3, -0.25) is 9.48 Å². The Morgan fingerprint density at radius 3 is 2.65 bits per heavy atom. The zero-order chi connectivity index (χ0) is 14.8. The molecule has 1 aromatic heterocycles. The summed E-state index contributed by atoms with van der Waals surface area (Å²) < 4.78 is 1.72. The van der Waals surface area contributed by atoms with Gasteiger partial charge in [0.15, 0.2) is 5.69 Å². The first kappa shape index (κ1) is 14.5. The molecular formula is C15H22N4O. The summed E-state index contributed by atoms with van der Waals surface area (Å²) in [4.78, 5) is 12.3. The molecule has 1 heterocycles. The van der Waals surface area contributed by atoms with E-state index in [2.05, 4.69) is 10.4 Å². The fourth-order valence-electron chi connectivity index (χ4n) is 2.22. The number of amides is 1. The van der Waals surface area contributed by atoms with E-state index in [1.54, 1.807) is 4.68 Å². The quantitative estimate of drug-likeness (QED) is 0.873. The lowest BCUT2D eigenvalue weighted by Gasteiger charge is -2.26. The van der Waals surface area contributed by atoms with Crippen molar-refractivity contribution in [2.45, 2.75) is 32.2 Å². The van der Waals surface area contributed by atoms with Crippen LogP contribution in [0.5, 0.6) is 0 Å². The van der Waals surface area contributed by atoms with Crippen LogP contribution in [0.1, 0.15) is 37.2 Å². The highest BCUT2D eigenvalue weighted by molar-refractivity contribution is 6.04. The minimum atomic E-state index is -0.347. The van der Waals surface area contributed by atoms with Crippen molar-refractivity contribution in [2.75, 3.05) is 6.54 Å². The Labute approximate surface area is 119 Å². The molecular weight excluding hydrogens is 252 g/mol. The number of nitrogens with zero attached hydrogens (tertiary/aromatic N) is 2. The molecule has 0 aliphatic rings. The van der Waals surface area contributed by atoms with E-state index in [0.717, 1.165) is 23.7 Å². The van der Waals surface area contributed by atoms with Crippen molar-refractivity contribution < 1.29 is 4.79 Å². The molecule has 3 N–H and O–H groups in total. The van der Waals surface area contributed by atoms with Crippen molar-refractivity contribution in [1.29, 1.82) is 0 Å². The van der Waals surface area contributed by atoms with Gasteiger partial charge in [-0.1, -0.05) is 32.0 Å². The van der Waals surface area contributed by atoms with Gasteiger partial charge < -0.3 is 11.1 Å². The number of benzene rings is 1. The van der Waals surface area contributed by atoms with Crippen LogP contribution in [0.15, 0.2) is 24.3 Å². The smallest absolute Gasteiger partial charge is 0.272 e. The number of aromatic nitrogens is 2. The van der Waals surface area contributed by atoms with E-state index in [9.17, 15) is 4.79 Å². The minimum Gasteiger partial charge on any atom is -0.349 e. The largest absolute Gasteiger partial charge is 0.349 e. The van der Waals surface area contributed by atoms with Gasteiger partial charge in [0, 0.05) is 24.5 Å². The molecule has 0 aliphatic carbocycles. The third-order valence-electron chi connectivity index (χ3n) is 3.98. The summed E-state index contributed by atoms with van der Waals surface area (Å²) in [5.74, 6) is -0.168. The number of rotatable bonds is 5. The Morgan fingerprint density at radius 1 is 1.35 bits per heavy atom. The van der Waals surface area contributed by atoms with Crippen LogP contribution in [-0.4, -0.2) is 27.8 Å². The van der Waals surface area contributed by atoms with Crippen LogP contribution >= 0.6 is 0 Å². The number of hydrogen-bond donors (Lipinski definition) is 2. The molecule has 1 amide bonds. The van der Waals surface area contributed by atoms with Crippen LogP contribution in [0.3, 0.4) is 0 Å². The van der Waals surface area contributed by atoms with Crippen LogP contribution in [0.25, 0.3) is 10.9 Å². The molecule has 0 fully saturated rings. The predicted molar refractivity (Wildman–Crippen MR) is 80.5 cm³/mol. The molecule has 0 atom stereocenters. The van der Waals surface area contributed by atoms with E-state index in [1.807, 2.05) is 45.2 Å². The second kappa shape index (κ2) is 5.63. The Balaban J connectivity index is 2.20. The van der Waals surface area contributed by atoms with Crippen molar-refractivity contribution in [2.24, 2.45) is 12.8 Å². The Bertz CT molecular complexity index is 613. The summed E-state index contributed by atoms with van der Waals surface area (Å²) >= 11 is 0. The standard InChI is InChI=1S/C15H22N4O/c1-4-15(16,5-2)10-17-14(20)13-11-8-6-7-9-12(11)19(3)18-13/h6-9H,4-5,10,16H2,1-3H3,(H,17,20). The highest BCUT2D eigenvalue weighted by Crippen LogP contribution is 2.17. The van der Waals surface area contributed by atoms with Crippen molar-refractivity contribution in [3.63, 3.8) is 0 Å². The fraction of sp³-hybridized carbons (Fsp3) is 0.467. The molecule has 20 heavy (non-hydrogen) atoms. The summed E-state index contributed by atoms with van der Waals surface area (Å²) in [7, 11) is 1.84. The van der Waals surface area contributed by atoms with Crippen LogP contribution in [0.2, 0.25) is 0 Å². The van der Waals surface area contributed by atoms with Crippen molar-refractivity contribution in [3.8, 4) is 0 Å². The van der Waals surface area contributed by atoms with Crippen molar-refractivity contribution >= 4 is 16.8 Å². The number of para-hydroxylation sites is 1. The number of carbonyl (C=O) groups excluding carboxylic acids is 1. The lowest BCUT2D eigenvalue weighted by Crippen LogP contribution is -2.49. The molecule has 0 bridgehead atoms. The van der Waals surface area contributed by atoms with Gasteiger partial charge in [0.05, 0.1) is 5.52 Å². The number of carbonyl (C=O) groups is 1. The van der Waals surface area contributed by atoms with Gasteiger partial charge in [-0.15, -0.1) is 0 Å². The fourth-order valence-corrected chi connectivity index (χ4v) is 2.22. The van der Waals surface area contributed by atoms with E-state index in [1.165, 1.54) is 0 Å². The zero-order valence-corrected chi connectivity index (χ0v) is 12.3. The van der Waals surface area contributed by atoms with E-state index in [0.29, 0.717) is 12.2 Å². The number of nitrogens with two attached hydrogens (primary N) is 1. The van der Waals surface area contributed by atoms with Gasteiger partial charge in [-0.05, 0) is 18.9 Å². The molecule has 0 unspecified atom stereocenters. The Morgan fingerprint density at radius 2 is 2.00 bits per heavy atom. The van der Waals surface area contributed by atoms with E-state index in [-0.39, 0.29) is 11.4 Å². The van der Waals surface area contributed by atoms with Crippen LogP contribution in [0.4, 0.5) is 0 Å². The van der Waals surface area contributed by atoms with Gasteiger partial charge >= 0.3 is 0 Å². The summed E-state index contributed by atoms with van der Waals surface area (Å²) in [6, 6.07) is 7.70. The van der Waals surface area contributed by atoms with Gasteiger partial charge in [-0.25, -0.2) is 0 Å². The van der Waals surface area contributed by atoms with Crippen molar-refractivity contribution in [1.82, 2.24) is 15.1 Å². The van der Waals surface area contributed by atoms with Crippen LogP contribution < -0.4 is 11.1 Å². The highest BCUT2D eigenvalue weighted by atomic mass is 16.1. The van der Waals surface area contributed by atoms with Gasteiger partial charge in [-0.2, -0.15) is 5.10 Å². The summed E-state index contributed by atoms with van der Waals surface area (Å²) in [6.45, 7) is 4.53. The molecule has 0 saturated heterocycles. The second-order valence-corrected chi connectivity index (χ2v) is 5.24. The number of fused-ring (bicyclic) bond motifs is 1. The lowest BCUT2D eigenvalue weighted by atomic mass is 9.94. The molecule has 1 aromatic carbocycles. The van der Waals surface area contributed by atoms with Gasteiger partial charge in [0.25, 0.3) is 5.91 Å². The second-order valence-electron chi connectivity index (χ2n) is 5.24. The number of aryl methyl sites for hydroxylation is 1. The number of hydrogen-bond acceptors (Lipinski definition) is 3. The predicted octanol–water partition coefficient (Wildman–Crippen LogP) is 1.82. The maximum atomic E-state index is 12.3. The van der Waals surface area contributed by atoms with E-state index < -0.39 is 0 Å². The average molecular weight is 274 g/mol. The molecule has 0 radical (unpaired) electrons. The van der Waals surface area contributed by atoms with Crippen LogP contribution in [-0.2, 0) is 7.05 Å². The molecule has 2 rings (SSSR count). The monoisotopic (exact) mass is 274 g/mol. The maximum absolute atomic E-state index is 12.3. The summed E-state index contributed by atoms with van der Waals surface area (Å²) in [5.41, 5.74) is 7.26. The molecule has 0 spiro atoms. The molecule has 108 valence electrons. The SMILES string of the molecule is CCC(N)(CC)CNC(=O)c1nn(C)c2ccccc12. The zero-order valence-electron chi connectivity index (χ0n) is 12.3. The third kappa shape index (κ3) is 2.67. The van der Waals surface area contributed by atoms with Crippen LogP contribution in [0, 0.1) is 0 Å². The maximum Gasteiger partial charge on any atom is 0.272 e. The van der Waals surface area contributed by atoms with Gasteiger partial charge in [0.2, 0.25) is 0 Å². The lowest BCUT2D eigenvalue weighted by molar-refractivity contribution is 0.0938. The summed E-state index contributed by atoms with van der Waals surface area (Å²) in [5, 5.41) is 8.08. The highest BCUT2D eigenvalue weighted by Gasteiger charge is 2.23. The summed E-state index contributed by atoms with van der Waals surface area (Å²) in [6.07, 6.45) is 1.65. The minimum absolute atomic E-state index is 0.168. The molecule has 0 aliphatic heterocycles. The third-order valence-corrected chi connectivity index (χ3v) is 3.98. The molecule has 5 nitrogen and oxygen atoms in total. The van der Waals surface area contributed by atoms with Crippen molar-refractivity contribution in [3.05, 3.63) is 30.0 Å². The molecule has 0 saturated carbocycles. The number of nitrogens with one attached hydrogen (secondary N) is 1. The van der Waals surface area contributed by atoms with E-state index >= 15 is 0 Å².